The van der Waals surface area contributed by atoms with E-state index >= 15 is 0 Å². The van der Waals surface area contributed by atoms with Gasteiger partial charge < -0.3 is 18.9 Å². The average molecular weight is 443 g/mol. The van der Waals surface area contributed by atoms with Crippen LogP contribution in [-0.4, -0.2) is 65.4 Å². The summed E-state index contributed by atoms with van der Waals surface area (Å²) in [6.45, 7) is 13.0. The lowest BCUT2D eigenvalue weighted by Crippen LogP contribution is -2.69. The quantitative estimate of drug-likeness (QED) is 0.518. The van der Waals surface area contributed by atoms with Crippen LogP contribution in [0.2, 0.25) is 0 Å². The van der Waals surface area contributed by atoms with Crippen molar-refractivity contribution in [2.75, 3.05) is 13.7 Å². The predicted molar refractivity (Wildman–Crippen MR) is 110 cm³/mol. The Morgan fingerprint density at radius 3 is 2.10 bits per heavy atom. The molecule has 0 aromatic rings. The summed E-state index contributed by atoms with van der Waals surface area (Å²) in [6.07, 6.45) is -2.41. The normalized spacial score (nSPS) is 21.5. The molecule has 1 heterocycles. The van der Waals surface area contributed by atoms with Crippen LogP contribution in [-0.2, 0) is 28.5 Å². The van der Waals surface area contributed by atoms with Gasteiger partial charge in [-0.25, -0.2) is 14.4 Å². The fraction of sp³-hybridized carbons (Fsp3) is 0.750. The van der Waals surface area contributed by atoms with Crippen molar-refractivity contribution >= 4 is 29.8 Å². The van der Waals surface area contributed by atoms with Gasteiger partial charge in [0.15, 0.2) is 0 Å². The molecule has 0 aromatic carbocycles. The third kappa shape index (κ3) is 6.83. The van der Waals surface area contributed by atoms with Crippen LogP contribution in [0, 0.1) is 5.92 Å². The standard InChI is InChI=1S/C20H33N3O8/c1-10-29-14(24)13-11-20(15(25)28-9,21-16(26)30-18(3,4)5)23(22-12(13)2)17(27)31-19(6,7)8/h13H,10-11H2,1-9H3,(H,21,26)/t13-,20+/m0/s1. The van der Waals surface area contributed by atoms with Gasteiger partial charge in [-0.1, -0.05) is 0 Å². The van der Waals surface area contributed by atoms with Crippen molar-refractivity contribution in [3.05, 3.63) is 0 Å². The molecule has 2 amide bonds. The minimum Gasteiger partial charge on any atom is -0.466 e. The topological polar surface area (TPSA) is 133 Å². The Kier molecular flexibility index (Phi) is 8.05. The summed E-state index contributed by atoms with van der Waals surface area (Å²) in [5, 5.41) is 7.18. The number of hydrazone groups is 1. The van der Waals surface area contributed by atoms with Crippen LogP contribution in [0.25, 0.3) is 0 Å². The van der Waals surface area contributed by atoms with Crippen LogP contribution < -0.4 is 5.32 Å². The Bertz CT molecular complexity index is 751. The highest BCUT2D eigenvalue weighted by Crippen LogP contribution is 2.33. The Labute approximate surface area is 182 Å². The largest absolute Gasteiger partial charge is 0.466 e. The van der Waals surface area contributed by atoms with Crippen LogP contribution in [0.4, 0.5) is 9.59 Å². The van der Waals surface area contributed by atoms with E-state index in [2.05, 4.69) is 10.4 Å². The zero-order chi connectivity index (χ0) is 24.2. The number of hydrogen-bond acceptors (Lipinski definition) is 9. The number of nitrogens with one attached hydrogen (secondary N) is 1. The van der Waals surface area contributed by atoms with Crippen LogP contribution in [0.5, 0.6) is 0 Å². The second-order valence-electron chi connectivity index (χ2n) is 9.02. The maximum atomic E-state index is 12.9. The van der Waals surface area contributed by atoms with Crippen LogP contribution in [0.1, 0.15) is 61.8 Å². The first-order valence-electron chi connectivity index (χ1n) is 9.91. The number of esters is 2. The monoisotopic (exact) mass is 443 g/mol. The maximum absolute atomic E-state index is 12.9. The molecule has 0 bridgehead atoms. The van der Waals surface area contributed by atoms with Gasteiger partial charge >= 0.3 is 24.1 Å². The molecule has 2 atom stereocenters. The van der Waals surface area contributed by atoms with E-state index in [1.807, 2.05) is 0 Å². The molecule has 1 aliphatic heterocycles. The highest BCUT2D eigenvalue weighted by molar-refractivity contribution is 6.04. The van der Waals surface area contributed by atoms with Crippen molar-refractivity contribution in [1.29, 1.82) is 0 Å². The molecule has 0 saturated carbocycles. The van der Waals surface area contributed by atoms with Gasteiger partial charge in [-0.3, -0.25) is 10.1 Å². The first-order valence-corrected chi connectivity index (χ1v) is 9.91. The fourth-order valence-corrected chi connectivity index (χ4v) is 2.81. The van der Waals surface area contributed by atoms with Gasteiger partial charge in [0.25, 0.3) is 0 Å². The van der Waals surface area contributed by atoms with Crippen LogP contribution >= 0.6 is 0 Å². The summed E-state index contributed by atoms with van der Waals surface area (Å²) in [7, 11) is 1.08. The third-order valence-corrected chi connectivity index (χ3v) is 3.99. The highest BCUT2D eigenvalue weighted by atomic mass is 16.6. The molecule has 11 nitrogen and oxygen atoms in total. The maximum Gasteiger partial charge on any atom is 0.433 e. The van der Waals surface area contributed by atoms with Crippen molar-refractivity contribution < 1.29 is 38.1 Å². The molecule has 31 heavy (non-hydrogen) atoms. The lowest BCUT2D eigenvalue weighted by Gasteiger charge is -2.43. The first-order chi connectivity index (χ1) is 14.1. The van der Waals surface area contributed by atoms with E-state index in [4.69, 9.17) is 18.9 Å². The van der Waals surface area contributed by atoms with Gasteiger partial charge in [0, 0.05) is 6.42 Å². The Morgan fingerprint density at radius 1 is 1.10 bits per heavy atom. The van der Waals surface area contributed by atoms with E-state index in [9.17, 15) is 19.2 Å². The number of nitrogens with zero attached hydrogens (tertiary/aromatic N) is 2. The van der Waals surface area contributed by atoms with Crippen molar-refractivity contribution in [2.45, 2.75) is 78.7 Å². The van der Waals surface area contributed by atoms with E-state index in [-0.39, 0.29) is 18.7 Å². The van der Waals surface area contributed by atoms with Crippen molar-refractivity contribution in [3.8, 4) is 0 Å². The molecule has 1 rings (SSSR count). The minimum absolute atomic E-state index is 0.100. The number of methoxy groups -OCH3 is 1. The molecule has 0 saturated heterocycles. The molecule has 11 heteroatoms. The Hall–Kier alpha value is -2.85. The number of amides is 2. The fourth-order valence-electron chi connectivity index (χ4n) is 2.81. The smallest absolute Gasteiger partial charge is 0.433 e. The van der Waals surface area contributed by atoms with Gasteiger partial charge in [0.2, 0.25) is 5.66 Å². The lowest BCUT2D eigenvalue weighted by molar-refractivity contribution is -0.162. The summed E-state index contributed by atoms with van der Waals surface area (Å²) in [5.41, 5.74) is -3.82. The number of hydrogen-bond donors (Lipinski definition) is 1. The Morgan fingerprint density at radius 2 is 1.65 bits per heavy atom. The van der Waals surface area contributed by atoms with E-state index in [0.29, 0.717) is 5.01 Å². The molecule has 0 spiro atoms. The second-order valence-corrected chi connectivity index (χ2v) is 9.02. The number of rotatable bonds is 4. The summed E-state index contributed by atoms with van der Waals surface area (Å²) in [4.78, 5) is 51.0. The average Bonchev–Trinajstić information content (AvgIpc) is 2.59. The molecule has 0 aliphatic carbocycles. The second kappa shape index (κ2) is 9.52. The minimum atomic E-state index is -2.20. The Balaban J connectivity index is 3.57. The van der Waals surface area contributed by atoms with E-state index < -0.39 is 46.9 Å². The van der Waals surface area contributed by atoms with Crippen LogP contribution in [0.15, 0.2) is 5.10 Å². The summed E-state index contributed by atoms with van der Waals surface area (Å²) in [5.74, 6) is -2.71. The lowest BCUT2D eigenvalue weighted by atomic mass is 9.88. The van der Waals surface area contributed by atoms with Gasteiger partial charge in [-0.15, -0.1) is 0 Å². The molecule has 1 N–H and O–H groups in total. The number of carbonyl (C=O) groups is 4. The van der Waals surface area contributed by atoms with Crippen molar-refractivity contribution in [3.63, 3.8) is 0 Å². The summed E-state index contributed by atoms with van der Waals surface area (Å²) < 4.78 is 20.6. The molecule has 176 valence electrons. The molecular weight excluding hydrogens is 410 g/mol. The summed E-state index contributed by atoms with van der Waals surface area (Å²) >= 11 is 0. The van der Waals surface area contributed by atoms with Crippen molar-refractivity contribution in [2.24, 2.45) is 11.0 Å². The predicted octanol–water partition coefficient (Wildman–Crippen LogP) is 2.58. The number of ether oxygens (including phenoxy) is 4. The zero-order valence-electron chi connectivity index (χ0n) is 19.7. The van der Waals surface area contributed by atoms with E-state index in [0.717, 1.165) is 7.11 Å². The van der Waals surface area contributed by atoms with Crippen molar-refractivity contribution in [1.82, 2.24) is 10.3 Å². The van der Waals surface area contributed by atoms with E-state index in [1.165, 1.54) is 6.92 Å². The SMILES string of the molecule is CCOC(=O)[C@H]1C[C@](NC(=O)OC(C)(C)C)(C(=O)OC)N(C(=O)OC(C)(C)C)N=C1C. The molecule has 0 unspecified atom stereocenters. The van der Waals surface area contributed by atoms with Gasteiger partial charge in [0.05, 0.1) is 19.4 Å². The highest BCUT2D eigenvalue weighted by Gasteiger charge is 2.57. The molecule has 1 aliphatic rings. The molecule has 0 radical (unpaired) electrons. The van der Waals surface area contributed by atoms with Gasteiger partial charge in [0.1, 0.15) is 17.1 Å². The third-order valence-electron chi connectivity index (χ3n) is 3.99. The summed E-state index contributed by atoms with van der Waals surface area (Å²) in [6, 6.07) is 0. The zero-order valence-corrected chi connectivity index (χ0v) is 19.7. The molecule has 0 aromatic heterocycles. The first kappa shape index (κ1) is 26.2. The number of alkyl carbamates (subject to hydrolysis) is 1. The number of carbonyl (C=O) groups excluding carboxylic acids is 4. The molecule has 0 fully saturated rings. The van der Waals surface area contributed by atoms with Gasteiger partial charge in [-0.2, -0.15) is 10.1 Å². The molecular formula is C20H33N3O8. The van der Waals surface area contributed by atoms with Gasteiger partial charge in [-0.05, 0) is 55.4 Å². The van der Waals surface area contributed by atoms with Crippen LogP contribution in [0.3, 0.4) is 0 Å². The van der Waals surface area contributed by atoms with E-state index in [1.54, 1.807) is 48.5 Å².